The molecule has 134 valence electrons. The zero-order valence-corrected chi connectivity index (χ0v) is 15.3. The summed E-state index contributed by atoms with van der Waals surface area (Å²) in [7, 11) is 0. The molecule has 0 atom stereocenters. The normalized spacial score (nSPS) is 15.9. The SMILES string of the molecule is CC1CCN(CCCNC(=O)Nc2nnc(-c3ccccn3)s2)CC1. The molecule has 1 aliphatic rings. The second-order valence-corrected chi connectivity index (χ2v) is 7.36. The van der Waals surface area contributed by atoms with E-state index in [1.165, 1.54) is 37.3 Å². The highest BCUT2D eigenvalue weighted by molar-refractivity contribution is 7.18. The molecule has 3 rings (SSSR count). The molecule has 7 nitrogen and oxygen atoms in total. The van der Waals surface area contributed by atoms with E-state index in [9.17, 15) is 4.79 Å². The summed E-state index contributed by atoms with van der Waals surface area (Å²) in [5, 5.41) is 14.8. The summed E-state index contributed by atoms with van der Waals surface area (Å²) in [5.74, 6) is 0.850. The van der Waals surface area contributed by atoms with Gasteiger partial charge in [-0.05, 0) is 56.9 Å². The lowest BCUT2D eigenvalue weighted by molar-refractivity contribution is 0.190. The molecule has 0 aliphatic carbocycles. The lowest BCUT2D eigenvalue weighted by atomic mass is 9.99. The van der Waals surface area contributed by atoms with Crippen molar-refractivity contribution in [1.82, 2.24) is 25.4 Å². The monoisotopic (exact) mass is 360 g/mol. The number of carbonyl (C=O) groups excluding carboxylic acids is 1. The van der Waals surface area contributed by atoms with Gasteiger partial charge in [0.15, 0.2) is 5.01 Å². The Morgan fingerprint density at radius 1 is 1.32 bits per heavy atom. The van der Waals surface area contributed by atoms with Gasteiger partial charge in [-0.1, -0.05) is 24.3 Å². The number of hydrogen-bond donors (Lipinski definition) is 2. The molecule has 0 bridgehead atoms. The van der Waals surface area contributed by atoms with E-state index in [4.69, 9.17) is 0 Å². The Morgan fingerprint density at radius 3 is 2.92 bits per heavy atom. The molecule has 0 radical (unpaired) electrons. The van der Waals surface area contributed by atoms with E-state index in [1.54, 1.807) is 6.20 Å². The quantitative estimate of drug-likeness (QED) is 0.774. The topological polar surface area (TPSA) is 83.0 Å². The second-order valence-electron chi connectivity index (χ2n) is 6.39. The molecule has 1 fully saturated rings. The zero-order chi connectivity index (χ0) is 17.5. The van der Waals surface area contributed by atoms with E-state index in [0.717, 1.165) is 24.6 Å². The van der Waals surface area contributed by atoms with Crippen LogP contribution in [0.2, 0.25) is 0 Å². The van der Waals surface area contributed by atoms with Crippen LogP contribution in [0, 0.1) is 5.92 Å². The van der Waals surface area contributed by atoms with Gasteiger partial charge >= 0.3 is 6.03 Å². The summed E-state index contributed by atoms with van der Waals surface area (Å²) >= 11 is 1.31. The van der Waals surface area contributed by atoms with E-state index in [1.807, 2.05) is 18.2 Å². The first-order chi connectivity index (χ1) is 12.2. The first kappa shape index (κ1) is 17.8. The number of anilines is 1. The molecule has 0 saturated carbocycles. The zero-order valence-electron chi connectivity index (χ0n) is 14.4. The Balaban J connectivity index is 1.36. The number of aromatic nitrogens is 3. The third-order valence-electron chi connectivity index (χ3n) is 4.34. The number of hydrogen-bond acceptors (Lipinski definition) is 6. The van der Waals surface area contributed by atoms with Crippen molar-refractivity contribution in [1.29, 1.82) is 0 Å². The molecule has 0 unspecified atom stereocenters. The van der Waals surface area contributed by atoms with Crippen molar-refractivity contribution in [3.05, 3.63) is 24.4 Å². The van der Waals surface area contributed by atoms with Gasteiger partial charge in [0.1, 0.15) is 5.69 Å². The standard InChI is InChI=1S/C17H24N6OS/c1-13-6-11-23(12-7-13)10-4-9-19-16(24)20-17-22-21-15(25-17)14-5-2-3-8-18-14/h2-3,5,8,13H,4,6-7,9-12H2,1H3,(H2,19,20,22,24). The Morgan fingerprint density at radius 2 is 2.16 bits per heavy atom. The van der Waals surface area contributed by atoms with Crippen molar-refractivity contribution in [2.75, 3.05) is 31.5 Å². The Hall–Kier alpha value is -2.06. The van der Waals surface area contributed by atoms with E-state index < -0.39 is 0 Å². The number of nitrogens with one attached hydrogen (secondary N) is 2. The molecule has 0 aromatic carbocycles. The second kappa shape index (κ2) is 8.87. The van der Waals surface area contributed by atoms with Gasteiger partial charge in [-0.3, -0.25) is 10.3 Å². The maximum absolute atomic E-state index is 11.9. The third kappa shape index (κ3) is 5.47. The maximum atomic E-state index is 11.9. The predicted molar refractivity (Wildman–Crippen MR) is 99.6 cm³/mol. The van der Waals surface area contributed by atoms with Gasteiger partial charge < -0.3 is 10.2 Å². The van der Waals surface area contributed by atoms with Gasteiger partial charge in [-0.25, -0.2) is 4.79 Å². The largest absolute Gasteiger partial charge is 0.338 e. The maximum Gasteiger partial charge on any atom is 0.321 e. The molecular weight excluding hydrogens is 336 g/mol. The first-order valence-corrected chi connectivity index (χ1v) is 9.54. The van der Waals surface area contributed by atoms with Crippen molar-refractivity contribution >= 4 is 22.5 Å². The molecule has 1 aliphatic heterocycles. The first-order valence-electron chi connectivity index (χ1n) is 8.73. The number of rotatable bonds is 6. The number of nitrogens with zero attached hydrogens (tertiary/aromatic N) is 4. The van der Waals surface area contributed by atoms with E-state index in [0.29, 0.717) is 16.7 Å². The number of amides is 2. The highest BCUT2D eigenvalue weighted by Gasteiger charge is 2.15. The Kier molecular flexibility index (Phi) is 6.30. The van der Waals surface area contributed by atoms with Crippen LogP contribution < -0.4 is 10.6 Å². The highest BCUT2D eigenvalue weighted by Crippen LogP contribution is 2.24. The number of piperidine rings is 1. The van der Waals surface area contributed by atoms with E-state index in [-0.39, 0.29) is 6.03 Å². The number of likely N-dealkylation sites (tertiary alicyclic amines) is 1. The number of urea groups is 1. The lowest BCUT2D eigenvalue weighted by Crippen LogP contribution is -2.36. The van der Waals surface area contributed by atoms with Crippen LogP contribution in [-0.4, -0.2) is 52.3 Å². The van der Waals surface area contributed by atoms with Crippen LogP contribution in [0.25, 0.3) is 10.7 Å². The number of carbonyl (C=O) groups is 1. The predicted octanol–water partition coefficient (Wildman–Crippen LogP) is 2.84. The van der Waals surface area contributed by atoms with Crippen LogP contribution in [0.15, 0.2) is 24.4 Å². The minimum Gasteiger partial charge on any atom is -0.338 e. The smallest absolute Gasteiger partial charge is 0.321 e. The van der Waals surface area contributed by atoms with Crippen LogP contribution in [0.5, 0.6) is 0 Å². The summed E-state index contributed by atoms with van der Waals surface area (Å²) in [5.41, 5.74) is 0.754. The minimum atomic E-state index is -0.240. The fourth-order valence-electron chi connectivity index (χ4n) is 2.80. The summed E-state index contributed by atoms with van der Waals surface area (Å²) < 4.78 is 0. The van der Waals surface area contributed by atoms with Gasteiger partial charge in [0.25, 0.3) is 0 Å². The van der Waals surface area contributed by atoms with Gasteiger partial charge in [0.05, 0.1) is 0 Å². The van der Waals surface area contributed by atoms with E-state index >= 15 is 0 Å². The molecule has 3 heterocycles. The third-order valence-corrected chi connectivity index (χ3v) is 5.20. The van der Waals surface area contributed by atoms with Gasteiger partial charge in [-0.15, -0.1) is 10.2 Å². The van der Waals surface area contributed by atoms with Crippen molar-refractivity contribution in [2.45, 2.75) is 26.2 Å². The van der Waals surface area contributed by atoms with Crippen LogP contribution in [0.1, 0.15) is 26.2 Å². The molecule has 8 heteroatoms. The fourth-order valence-corrected chi connectivity index (χ4v) is 3.51. The van der Waals surface area contributed by atoms with Gasteiger partial charge in [0, 0.05) is 12.7 Å². The average Bonchev–Trinajstić information content (AvgIpc) is 3.09. The van der Waals surface area contributed by atoms with E-state index in [2.05, 4.69) is 37.6 Å². The summed E-state index contributed by atoms with van der Waals surface area (Å²) in [6.45, 7) is 6.36. The molecule has 2 amide bonds. The highest BCUT2D eigenvalue weighted by atomic mass is 32.1. The van der Waals surface area contributed by atoms with Crippen molar-refractivity contribution in [3.8, 4) is 10.7 Å². The number of pyridine rings is 1. The van der Waals surface area contributed by atoms with Crippen LogP contribution in [0.3, 0.4) is 0 Å². The fraction of sp³-hybridized carbons (Fsp3) is 0.529. The summed E-state index contributed by atoms with van der Waals surface area (Å²) in [4.78, 5) is 18.6. The molecule has 1 saturated heterocycles. The van der Waals surface area contributed by atoms with Gasteiger partial charge in [0.2, 0.25) is 5.13 Å². The molecule has 25 heavy (non-hydrogen) atoms. The molecule has 2 N–H and O–H groups in total. The van der Waals surface area contributed by atoms with Gasteiger partial charge in [-0.2, -0.15) is 0 Å². The van der Waals surface area contributed by atoms with Crippen LogP contribution in [0.4, 0.5) is 9.93 Å². The lowest BCUT2D eigenvalue weighted by Gasteiger charge is -2.30. The van der Waals surface area contributed by atoms with Crippen LogP contribution in [-0.2, 0) is 0 Å². The van der Waals surface area contributed by atoms with Crippen molar-refractivity contribution in [3.63, 3.8) is 0 Å². The molecular formula is C17H24N6OS. The average molecular weight is 360 g/mol. The summed E-state index contributed by atoms with van der Waals surface area (Å²) in [6.07, 6.45) is 5.23. The van der Waals surface area contributed by atoms with Crippen molar-refractivity contribution < 1.29 is 4.79 Å². The summed E-state index contributed by atoms with van der Waals surface area (Å²) in [6, 6.07) is 5.37. The Bertz CT molecular complexity index is 669. The van der Waals surface area contributed by atoms with Crippen molar-refractivity contribution in [2.24, 2.45) is 5.92 Å². The molecule has 2 aromatic heterocycles. The Labute approximate surface area is 151 Å². The minimum absolute atomic E-state index is 0.240. The molecule has 0 spiro atoms. The van der Waals surface area contributed by atoms with Crippen LogP contribution >= 0.6 is 11.3 Å². The molecule has 2 aromatic rings.